The van der Waals surface area contributed by atoms with Crippen molar-refractivity contribution in [2.45, 2.75) is 45.1 Å². The summed E-state index contributed by atoms with van der Waals surface area (Å²) >= 11 is 0. The Balaban J connectivity index is 2.74. The van der Waals surface area contributed by atoms with Crippen LogP contribution in [0.3, 0.4) is 0 Å². The molecule has 0 unspecified atom stereocenters. The van der Waals surface area contributed by atoms with E-state index in [4.69, 9.17) is 0 Å². The molecule has 1 aromatic rings. The zero-order valence-electron chi connectivity index (χ0n) is 12.9. The van der Waals surface area contributed by atoms with Gasteiger partial charge in [-0.05, 0) is 43.0 Å². The van der Waals surface area contributed by atoms with Gasteiger partial charge >= 0.3 is 0 Å². The molecule has 4 nitrogen and oxygen atoms in total. The summed E-state index contributed by atoms with van der Waals surface area (Å²) in [5, 5.41) is 3.15. The highest BCUT2D eigenvalue weighted by Gasteiger charge is 2.18. The van der Waals surface area contributed by atoms with E-state index in [1.165, 1.54) is 12.1 Å². The highest BCUT2D eigenvalue weighted by atomic mass is 32.2. The molecule has 0 spiro atoms. The van der Waals surface area contributed by atoms with Gasteiger partial charge in [-0.2, -0.15) is 0 Å². The normalized spacial score (nSPS) is 12.0. The Hall–Kier alpha value is -0.980. The molecule has 0 bridgehead atoms. The number of hydrogen-bond acceptors (Lipinski definition) is 3. The maximum Gasteiger partial charge on any atom is 0.243 e. The summed E-state index contributed by atoms with van der Waals surface area (Å²) < 4.78 is 40.5. The van der Waals surface area contributed by atoms with E-state index >= 15 is 0 Å². The van der Waals surface area contributed by atoms with Crippen LogP contribution in [0.4, 0.5) is 4.39 Å². The minimum Gasteiger partial charge on any atom is -0.313 e. The first-order valence-corrected chi connectivity index (χ1v) is 8.84. The Morgan fingerprint density at radius 2 is 1.95 bits per heavy atom. The quantitative estimate of drug-likeness (QED) is 0.689. The van der Waals surface area contributed by atoms with E-state index in [1.807, 2.05) is 20.8 Å². The summed E-state index contributed by atoms with van der Waals surface area (Å²) in [6.07, 6.45) is 1.72. The van der Waals surface area contributed by atoms with Crippen molar-refractivity contribution in [3.63, 3.8) is 0 Å². The molecule has 0 saturated heterocycles. The zero-order chi connectivity index (χ0) is 15.9. The monoisotopic (exact) mass is 316 g/mol. The van der Waals surface area contributed by atoms with E-state index in [2.05, 4.69) is 10.0 Å². The molecule has 0 aromatic heterocycles. The van der Waals surface area contributed by atoms with Crippen molar-refractivity contribution in [1.82, 2.24) is 10.0 Å². The maximum absolute atomic E-state index is 14.0. The van der Waals surface area contributed by atoms with Gasteiger partial charge in [-0.15, -0.1) is 0 Å². The lowest BCUT2D eigenvalue weighted by Crippen LogP contribution is -2.26. The first kappa shape index (κ1) is 18.1. The average molecular weight is 316 g/mol. The Bertz CT molecular complexity index is 545. The summed E-state index contributed by atoms with van der Waals surface area (Å²) in [5.41, 5.74) is 0.738. The molecule has 1 rings (SSSR count). The molecular formula is C15H25FN2O2S. The predicted molar refractivity (Wildman–Crippen MR) is 83.0 cm³/mol. The fourth-order valence-corrected chi connectivity index (χ4v) is 2.95. The largest absolute Gasteiger partial charge is 0.313 e. The van der Waals surface area contributed by atoms with Gasteiger partial charge in [-0.3, -0.25) is 0 Å². The van der Waals surface area contributed by atoms with Crippen LogP contribution in [0, 0.1) is 11.7 Å². The topological polar surface area (TPSA) is 58.2 Å². The SMILES string of the molecule is CCCNCc1ccc(S(=O)(=O)NCCC(C)C)c(F)c1. The third-order valence-corrected chi connectivity index (χ3v) is 4.55. The molecule has 120 valence electrons. The smallest absolute Gasteiger partial charge is 0.243 e. The molecule has 0 aliphatic carbocycles. The van der Waals surface area contributed by atoms with Crippen LogP contribution in [0.1, 0.15) is 39.2 Å². The van der Waals surface area contributed by atoms with Gasteiger partial charge in [0.05, 0.1) is 0 Å². The third kappa shape index (κ3) is 6.11. The van der Waals surface area contributed by atoms with Crippen molar-refractivity contribution in [3.05, 3.63) is 29.6 Å². The Morgan fingerprint density at radius 1 is 1.24 bits per heavy atom. The van der Waals surface area contributed by atoms with Gasteiger partial charge in [0, 0.05) is 13.1 Å². The van der Waals surface area contributed by atoms with Gasteiger partial charge in [0.25, 0.3) is 0 Å². The summed E-state index contributed by atoms with van der Waals surface area (Å²) in [4.78, 5) is -0.287. The molecule has 2 N–H and O–H groups in total. The number of halogens is 1. The summed E-state index contributed by atoms with van der Waals surface area (Å²) in [6, 6.07) is 4.25. The van der Waals surface area contributed by atoms with Gasteiger partial charge in [0.2, 0.25) is 10.0 Å². The fraction of sp³-hybridized carbons (Fsp3) is 0.600. The van der Waals surface area contributed by atoms with Crippen LogP contribution < -0.4 is 10.0 Å². The zero-order valence-corrected chi connectivity index (χ0v) is 13.8. The number of sulfonamides is 1. The van der Waals surface area contributed by atoms with Gasteiger partial charge in [-0.1, -0.05) is 26.8 Å². The second-order valence-corrected chi connectivity index (χ2v) is 7.26. The van der Waals surface area contributed by atoms with Gasteiger partial charge in [0.15, 0.2) is 0 Å². The van der Waals surface area contributed by atoms with Crippen LogP contribution in [0.15, 0.2) is 23.1 Å². The van der Waals surface area contributed by atoms with Crippen molar-refractivity contribution in [1.29, 1.82) is 0 Å². The lowest BCUT2D eigenvalue weighted by atomic mass is 10.1. The van der Waals surface area contributed by atoms with E-state index in [9.17, 15) is 12.8 Å². The van der Waals surface area contributed by atoms with Crippen LogP contribution in [0.2, 0.25) is 0 Å². The predicted octanol–water partition coefficient (Wildman–Crippen LogP) is 2.65. The minimum absolute atomic E-state index is 0.287. The second-order valence-electron chi connectivity index (χ2n) is 5.52. The second kappa shape index (κ2) is 8.46. The van der Waals surface area contributed by atoms with Gasteiger partial charge in [-0.25, -0.2) is 17.5 Å². The van der Waals surface area contributed by atoms with Crippen molar-refractivity contribution in [2.75, 3.05) is 13.1 Å². The van der Waals surface area contributed by atoms with Crippen LogP contribution in [0.5, 0.6) is 0 Å². The minimum atomic E-state index is -3.77. The van der Waals surface area contributed by atoms with Crippen molar-refractivity contribution in [2.24, 2.45) is 5.92 Å². The molecule has 0 radical (unpaired) electrons. The van der Waals surface area contributed by atoms with E-state index < -0.39 is 15.8 Å². The molecule has 0 aliphatic rings. The first-order valence-electron chi connectivity index (χ1n) is 7.35. The van der Waals surface area contributed by atoms with Crippen molar-refractivity contribution < 1.29 is 12.8 Å². The first-order chi connectivity index (χ1) is 9.86. The fourth-order valence-electron chi connectivity index (χ4n) is 1.84. The molecule has 0 amide bonds. The van der Waals surface area contributed by atoms with E-state index in [1.54, 1.807) is 6.07 Å². The number of benzene rings is 1. The van der Waals surface area contributed by atoms with E-state index in [-0.39, 0.29) is 4.90 Å². The molecular weight excluding hydrogens is 291 g/mol. The van der Waals surface area contributed by atoms with Gasteiger partial charge in [0.1, 0.15) is 10.7 Å². The molecule has 21 heavy (non-hydrogen) atoms. The highest BCUT2D eigenvalue weighted by Crippen LogP contribution is 2.16. The average Bonchev–Trinajstić information content (AvgIpc) is 2.38. The third-order valence-electron chi connectivity index (χ3n) is 3.06. The molecule has 6 heteroatoms. The summed E-state index contributed by atoms with van der Waals surface area (Å²) in [5.74, 6) is -0.313. The Labute approximate surface area is 127 Å². The van der Waals surface area contributed by atoms with E-state index in [0.717, 1.165) is 24.9 Å². The molecule has 0 aliphatic heterocycles. The number of hydrogen-bond donors (Lipinski definition) is 2. The lowest BCUT2D eigenvalue weighted by molar-refractivity contribution is 0.539. The molecule has 0 atom stereocenters. The maximum atomic E-state index is 14.0. The van der Waals surface area contributed by atoms with Crippen LogP contribution in [-0.2, 0) is 16.6 Å². The number of nitrogens with one attached hydrogen (secondary N) is 2. The lowest BCUT2D eigenvalue weighted by Gasteiger charge is -2.10. The summed E-state index contributed by atoms with van der Waals surface area (Å²) in [6.45, 7) is 7.76. The molecule has 1 aromatic carbocycles. The molecule has 0 saturated carbocycles. The summed E-state index contributed by atoms with van der Waals surface area (Å²) in [7, 11) is -3.77. The van der Waals surface area contributed by atoms with Crippen LogP contribution in [0.25, 0.3) is 0 Å². The van der Waals surface area contributed by atoms with E-state index in [0.29, 0.717) is 19.0 Å². The van der Waals surface area contributed by atoms with Crippen molar-refractivity contribution >= 4 is 10.0 Å². The standard InChI is InChI=1S/C15H25FN2O2S/c1-4-8-17-11-13-5-6-15(14(16)10-13)21(19,20)18-9-7-12(2)3/h5-6,10,12,17-18H,4,7-9,11H2,1-3H3. The number of rotatable bonds is 9. The van der Waals surface area contributed by atoms with Crippen LogP contribution in [-0.4, -0.2) is 21.5 Å². The Kier molecular flexibility index (Phi) is 7.28. The molecule has 0 fully saturated rings. The van der Waals surface area contributed by atoms with Crippen LogP contribution >= 0.6 is 0 Å². The van der Waals surface area contributed by atoms with Crippen molar-refractivity contribution in [3.8, 4) is 0 Å². The molecule has 0 heterocycles. The highest BCUT2D eigenvalue weighted by molar-refractivity contribution is 7.89. The Morgan fingerprint density at radius 3 is 2.52 bits per heavy atom. The van der Waals surface area contributed by atoms with Gasteiger partial charge < -0.3 is 5.32 Å².